The summed E-state index contributed by atoms with van der Waals surface area (Å²) < 4.78 is 0. The Morgan fingerprint density at radius 1 is 1.18 bits per heavy atom. The van der Waals surface area contributed by atoms with Gasteiger partial charge in [0, 0.05) is 6.04 Å². The molecule has 2 saturated carbocycles. The summed E-state index contributed by atoms with van der Waals surface area (Å²) in [4.78, 5) is 11.7. The highest BCUT2D eigenvalue weighted by Gasteiger charge is 2.37. The van der Waals surface area contributed by atoms with Crippen LogP contribution in [-0.4, -0.2) is 17.5 Å². The predicted octanol–water partition coefficient (Wildman–Crippen LogP) is 2.34. The summed E-state index contributed by atoms with van der Waals surface area (Å²) in [5, 5.41) is 3.56. The van der Waals surface area contributed by atoms with Crippen molar-refractivity contribution >= 4 is 5.91 Å². The third-order valence-electron chi connectivity index (χ3n) is 4.59. The van der Waals surface area contributed by atoms with Crippen molar-refractivity contribution in [3.63, 3.8) is 0 Å². The summed E-state index contributed by atoms with van der Waals surface area (Å²) in [6.45, 7) is 2.00. The monoisotopic (exact) mass is 238 g/mol. The Bertz CT molecular complexity index is 269. The van der Waals surface area contributed by atoms with E-state index in [9.17, 15) is 4.79 Å². The third-order valence-corrected chi connectivity index (χ3v) is 4.59. The summed E-state index contributed by atoms with van der Waals surface area (Å²) >= 11 is 0. The summed E-state index contributed by atoms with van der Waals surface area (Å²) in [6, 6.07) is 0.501. The van der Waals surface area contributed by atoms with Crippen LogP contribution in [0.2, 0.25) is 0 Å². The fraction of sp³-hybridized carbons (Fsp3) is 0.929. The van der Waals surface area contributed by atoms with Crippen molar-refractivity contribution in [3.8, 4) is 0 Å². The molecule has 0 spiro atoms. The lowest BCUT2D eigenvalue weighted by atomic mass is 9.75. The van der Waals surface area contributed by atoms with E-state index >= 15 is 0 Å². The zero-order chi connectivity index (χ0) is 12.3. The van der Waals surface area contributed by atoms with Crippen LogP contribution in [0, 0.1) is 5.92 Å². The van der Waals surface area contributed by atoms with Gasteiger partial charge in [0.2, 0.25) is 5.91 Å². The first-order chi connectivity index (χ1) is 8.10. The van der Waals surface area contributed by atoms with Crippen LogP contribution in [0.3, 0.4) is 0 Å². The van der Waals surface area contributed by atoms with Gasteiger partial charge in [0.15, 0.2) is 0 Å². The number of nitrogens with one attached hydrogen (secondary N) is 1. The molecule has 3 N–H and O–H groups in total. The minimum atomic E-state index is -0.479. The molecular formula is C14H26N2O. The topological polar surface area (TPSA) is 55.1 Å². The summed E-state index contributed by atoms with van der Waals surface area (Å²) in [5.41, 5.74) is 5.13. The molecule has 1 unspecified atom stereocenters. The zero-order valence-corrected chi connectivity index (χ0v) is 11.0. The maximum absolute atomic E-state index is 11.7. The van der Waals surface area contributed by atoms with Crippen LogP contribution in [0.5, 0.6) is 0 Å². The third kappa shape index (κ3) is 3.21. The van der Waals surface area contributed by atoms with Gasteiger partial charge >= 0.3 is 0 Å². The van der Waals surface area contributed by atoms with Crippen LogP contribution in [0.1, 0.15) is 64.7 Å². The van der Waals surface area contributed by atoms with E-state index in [4.69, 9.17) is 5.73 Å². The zero-order valence-electron chi connectivity index (χ0n) is 11.0. The molecule has 1 atom stereocenters. The Kier molecular flexibility index (Phi) is 4.08. The lowest BCUT2D eigenvalue weighted by Gasteiger charge is -2.39. The average Bonchev–Trinajstić information content (AvgIpc) is 2.25. The fourth-order valence-corrected chi connectivity index (χ4v) is 3.20. The Morgan fingerprint density at radius 2 is 1.82 bits per heavy atom. The quantitative estimate of drug-likeness (QED) is 0.772. The number of hydrogen-bond donors (Lipinski definition) is 2. The van der Waals surface area contributed by atoms with E-state index in [2.05, 4.69) is 5.32 Å². The van der Waals surface area contributed by atoms with Crippen molar-refractivity contribution in [3.05, 3.63) is 0 Å². The minimum absolute atomic E-state index is 0.171. The Balaban J connectivity index is 1.91. The van der Waals surface area contributed by atoms with Gasteiger partial charge < -0.3 is 11.1 Å². The van der Waals surface area contributed by atoms with Gasteiger partial charge in [-0.05, 0) is 32.1 Å². The van der Waals surface area contributed by atoms with Crippen molar-refractivity contribution in [2.75, 3.05) is 0 Å². The van der Waals surface area contributed by atoms with Gasteiger partial charge in [-0.1, -0.05) is 38.5 Å². The second-order valence-electron chi connectivity index (χ2n) is 6.18. The van der Waals surface area contributed by atoms with Crippen LogP contribution >= 0.6 is 0 Å². The number of amides is 1. The molecule has 0 radical (unpaired) electrons. The molecule has 0 aromatic heterocycles. The molecule has 3 nitrogen and oxygen atoms in total. The number of primary amides is 1. The lowest BCUT2D eigenvalue weighted by molar-refractivity contribution is -0.125. The standard InChI is InChI=1S/C14H26N2O/c1-14(13(15)17,10-11-6-5-7-11)16-12-8-3-2-4-9-12/h11-12,16H,2-10H2,1H3,(H2,15,17). The van der Waals surface area contributed by atoms with Gasteiger partial charge in [0.25, 0.3) is 0 Å². The number of rotatable bonds is 5. The molecular weight excluding hydrogens is 212 g/mol. The number of carbonyl (C=O) groups is 1. The van der Waals surface area contributed by atoms with Crippen molar-refractivity contribution in [2.45, 2.75) is 76.3 Å². The highest BCUT2D eigenvalue weighted by Crippen LogP contribution is 2.34. The van der Waals surface area contributed by atoms with Crippen molar-refractivity contribution in [1.29, 1.82) is 0 Å². The summed E-state index contributed by atoms with van der Waals surface area (Å²) in [7, 11) is 0. The molecule has 17 heavy (non-hydrogen) atoms. The molecule has 2 rings (SSSR count). The maximum Gasteiger partial charge on any atom is 0.237 e. The van der Waals surface area contributed by atoms with Gasteiger partial charge in [-0.3, -0.25) is 4.79 Å². The van der Waals surface area contributed by atoms with Crippen LogP contribution in [0.4, 0.5) is 0 Å². The van der Waals surface area contributed by atoms with Crippen molar-refractivity contribution in [2.24, 2.45) is 11.7 Å². The van der Waals surface area contributed by atoms with Crippen molar-refractivity contribution < 1.29 is 4.79 Å². The molecule has 3 heteroatoms. The van der Waals surface area contributed by atoms with E-state index in [-0.39, 0.29) is 5.91 Å². The Labute approximate surface area is 105 Å². The average molecular weight is 238 g/mol. The first-order valence-corrected chi connectivity index (χ1v) is 7.18. The second kappa shape index (κ2) is 5.38. The van der Waals surface area contributed by atoms with Crippen LogP contribution < -0.4 is 11.1 Å². The van der Waals surface area contributed by atoms with Gasteiger partial charge in [-0.25, -0.2) is 0 Å². The molecule has 2 aliphatic rings. The van der Waals surface area contributed by atoms with Crippen LogP contribution in [0.15, 0.2) is 0 Å². The fourth-order valence-electron chi connectivity index (χ4n) is 3.20. The maximum atomic E-state index is 11.7. The van der Waals surface area contributed by atoms with E-state index in [0.29, 0.717) is 12.0 Å². The predicted molar refractivity (Wildman–Crippen MR) is 69.6 cm³/mol. The largest absolute Gasteiger partial charge is 0.368 e. The summed E-state index contributed by atoms with van der Waals surface area (Å²) in [5.74, 6) is 0.540. The minimum Gasteiger partial charge on any atom is -0.368 e. The molecule has 0 heterocycles. The first-order valence-electron chi connectivity index (χ1n) is 7.18. The van der Waals surface area contributed by atoms with Gasteiger partial charge in [0.05, 0.1) is 5.54 Å². The second-order valence-corrected chi connectivity index (χ2v) is 6.18. The van der Waals surface area contributed by atoms with E-state index in [1.807, 2.05) is 6.92 Å². The highest BCUT2D eigenvalue weighted by atomic mass is 16.1. The van der Waals surface area contributed by atoms with Gasteiger partial charge in [-0.2, -0.15) is 0 Å². The Hall–Kier alpha value is -0.570. The van der Waals surface area contributed by atoms with E-state index in [1.54, 1.807) is 0 Å². The molecule has 0 aliphatic heterocycles. The lowest BCUT2D eigenvalue weighted by Crippen LogP contribution is -2.58. The molecule has 0 saturated heterocycles. The van der Waals surface area contributed by atoms with Crippen molar-refractivity contribution in [1.82, 2.24) is 5.32 Å². The van der Waals surface area contributed by atoms with E-state index in [0.717, 1.165) is 6.42 Å². The van der Waals surface area contributed by atoms with Crippen LogP contribution in [0.25, 0.3) is 0 Å². The first kappa shape index (κ1) is 12.9. The van der Waals surface area contributed by atoms with Gasteiger partial charge in [0.1, 0.15) is 0 Å². The van der Waals surface area contributed by atoms with Gasteiger partial charge in [-0.15, -0.1) is 0 Å². The summed E-state index contributed by atoms with van der Waals surface area (Å²) in [6.07, 6.45) is 11.1. The molecule has 2 aliphatic carbocycles. The SMILES string of the molecule is CC(CC1CCC1)(NC1CCCCC1)C(N)=O. The van der Waals surface area contributed by atoms with E-state index in [1.165, 1.54) is 51.4 Å². The number of hydrogen-bond acceptors (Lipinski definition) is 2. The number of carbonyl (C=O) groups excluding carboxylic acids is 1. The Morgan fingerprint density at radius 3 is 2.29 bits per heavy atom. The molecule has 0 aromatic rings. The molecule has 0 bridgehead atoms. The molecule has 1 amide bonds. The number of nitrogens with two attached hydrogens (primary N) is 1. The smallest absolute Gasteiger partial charge is 0.237 e. The normalized spacial score (nSPS) is 26.2. The van der Waals surface area contributed by atoms with Crippen LogP contribution in [-0.2, 0) is 4.79 Å². The molecule has 2 fully saturated rings. The molecule has 0 aromatic carbocycles. The van der Waals surface area contributed by atoms with E-state index < -0.39 is 5.54 Å². The molecule has 98 valence electrons. The highest BCUT2D eigenvalue weighted by molar-refractivity contribution is 5.84.